The van der Waals surface area contributed by atoms with Crippen molar-refractivity contribution in [1.82, 2.24) is 10.6 Å². The first kappa shape index (κ1) is 15.2. The van der Waals surface area contributed by atoms with Crippen LogP contribution in [0.15, 0.2) is 0 Å². The van der Waals surface area contributed by atoms with Crippen LogP contribution >= 0.6 is 0 Å². The highest BCUT2D eigenvalue weighted by Crippen LogP contribution is 1.96. The summed E-state index contributed by atoms with van der Waals surface area (Å²) in [5.41, 5.74) is 11.5. The first-order chi connectivity index (χ1) is 7.36. The van der Waals surface area contributed by atoms with Gasteiger partial charge in [-0.2, -0.15) is 0 Å². The minimum absolute atomic E-state index is 0.00510. The van der Waals surface area contributed by atoms with Gasteiger partial charge < -0.3 is 22.1 Å². The van der Waals surface area contributed by atoms with E-state index in [1.165, 1.54) is 0 Å². The predicted octanol–water partition coefficient (Wildman–Crippen LogP) is 0.537. The fourth-order valence-electron chi connectivity index (χ4n) is 1.55. The minimum atomic E-state index is -0.176. The lowest BCUT2D eigenvalue weighted by Gasteiger charge is -2.22. The largest absolute Gasteiger partial charge is 0.336 e. The number of nitrogens with one attached hydrogen (secondary N) is 2. The maximum atomic E-state index is 11.5. The van der Waals surface area contributed by atoms with Crippen molar-refractivity contribution in [1.29, 1.82) is 0 Å². The monoisotopic (exact) mass is 230 g/mol. The van der Waals surface area contributed by atoms with Gasteiger partial charge in [-0.15, -0.1) is 0 Å². The Hall–Kier alpha value is -0.810. The van der Waals surface area contributed by atoms with Gasteiger partial charge in [0.15, 0.2) is 0 Å². The molecule has 0 aromatic heterocycles. The van der Waals surface area contributed by atoms with Crippen LogP contribution in [0, 0.1) is 0 Å². The summed E-state index contributed by atoms with van der Waals surface area (Å²) in [7, 11) is 0. The molecule has 0 rings (SSSR count). The maximum absolute atomic E-state index is 11.5. The summed E-state index contributed by atoms with van der Waals surface area (Å²) >= 11 is 0. The summed E-state index contributed by atoms with van der Waals surface area (Å²) in [4.78, 5) is 11.5. The predicted molar refractivity (Wildman–Crippen MR) is 67.1 cm³/mol. The quantitative estimate of drug-likeness (QED) is 0.536. The van der Waals surface area contributed by atoms with E-state index >= 15 is 0 Å². The third-order valence-electron chi connectivity index (χ3n) is 2.58. The van der Waals surface area contributed by atoms with E-state index in [0.29, 0.717) is 0 Å². The van der Waals surface area contributed by atoms with E-state index in [0.717, 1.165) is 12.8 Å². The Balaban J connectivity index is 3.89. The van der Waals surface area contributed by atoms with Crippen LogP contribution in [0.5, 0.6) is 0 Å². The zero-order valence-corrected chi connectivity index (χ0v) is 10.8. The minimum Gasteiger partial charge on any atom is -0.336 e. The number of nitrogens with two attached hydrogens (primary N) is 2. The molecule has 0 saturated carbocycles. The average molecular weight is 230 g/mol. The van der Waals surface area contributed by atoms with Crippen LogP contribution in [0.1, 0.15) is 40.5 Å². The van der Waals surface area contributed by atoms with Crippen LogP contribution in [0.2, 0.25) is 0 Å². The SMILES string of the molecule is CCC(N)C(C)NC(=O)NC(C)CC(C)N. The maximum Gasteiger partial charge on any atom is 0.315 e. The Bertz CT molecular complexity index is 208. The van der Waals surface area contributed by atoms with Gasteiger partial charge in [0.1, 0.15) is 0 Å². The van der Waals surface area contributed by atoms with Crippen LogP contribution in [0.4, 0.5) is 4.79 Å². The number of carbonyl (C=O) groups is 1. The van der Waals surface area contributed by atoms with E-state index in [-0.39, 0.29) is 30.2 Å². The number of hydrogen-bond acceptors (Lipinski definition) is 3. The van der Waals surface area contributed by atoms with Crippen molar-refractivity contribution < 1.29 is 4.79 Å². The Kier molecular flexibility index (Phi) is 7.08. The van der Waals surface area contributed by atoms with Crippen LogP contribution in [-0.2, 0) is 0 Å². The molecule has 5 heteroatoms. The lowest BCUT2D eigenvalue weighted by Crippen LogP contribution is -2.51. The Labute approximate surface area is 98.3 Å². The molecule has 0 aliphatic rings. The number of carbonyl (C=O) groups excluding carboxylic acids is 1. The zero-order chi connectivity index (χ0) is 12.7. The summed E-state index contributed by atoms with van der Waals surface area (Å²) in [6, 6.07) is -0.0396. The first-order valence-corrected chi connectivity index (χ1v) is 5.95. The van der Waals surface area contributed by atoms with E-state index in [9.17, 15) is 4.79 Å². The van der Waals surface area contributed by atoms with Gasteiger partial charge in [-0.1, -0.05) is 6.92 Å². The highest BCUT2D eigenvalue weighted by atomic mass is 16.2. The lowest BCUT2D eigenvalue weighted by molar-refractivity contribution is 0.231. The molecule has 16 heavy (non-hydrogen) atoms. The smallest absolute Gasteiger partial charge is 0.315 e. The molecule has 2 amide bonds. The van der Waals surface area contributed by atoms with E-state index in [1.807, 2.05) is 27.7 Å². The molecule has 96 valence electrons. The molecule has 0 aliphatic carbocycles. The number of hydrogen-bond donors (Lipinski definition) is 4. The molecule has 0 saturated heterocycles. The van der Waals surface area contributed by atoms with Gasteiger partial charge in [0.05, 0.1) is 0 Å². The van der Waals surface area contributed by atoms with Crippen molar-refractivity contribution in [3.8, 4) is 0 Å². The summed E-state index contributed by atoms with van der Waals surface area (Å²) in [6.45, 7) is 7.77. The summed E-state index contributed by atoms with van der Waals surface area (Å²) < 4.78 is 0. The third-order valence-corrected chi connectivity index (χ3v) is 2.58. The van der Waals surface area contributed by atoms with Gasteiger partial charge in [-0.25, -0.2) is 4.79 Å². The van der Waals surface area contributed by atoms with E-state index in [1.54, 1.807) is 0 Å². The van der Waals surface area contributed by atoms with Crippen molar-refractivity contribution in [2.24, 2.45) is 11.5 Å². The number of rotatable bonds is 6. The fourth-order valence-corrected chi connectivity index (χ4v) is 1.55. The number of urea groups is 1. The molecule has 6 N–H and O–H groups in total. The summed E-state index contributed by atoms with van der Waals surface area (Å²) in [5.74, 6) is 0. The molecule has 0 aromatic carbocycles. The second-order valence-corrected chi connectivity index (χ2v) is 4.59. The standard InChI is InChI=1S/C11H26N4O/c1-5-10(13)9(4)15-11(16)14-8(3)6-7(2)12/h7-10H,5-6,12-13H2,1-4H3,(H2,14,15,16). The molecule has 0 bridgehead atoms. The fraction of sp³-hybridized carbons (Fsp3) is 0.909. The second-order valence-electron chi connectivity index (χ2n) is 4.59. The van der Waals surface area contributed by atoms with Crippen molar-refractivity contribution in [3.05, 3.63) is 0 Å². The van der Waals surface area contributed by atoms with Crippen LogP contribution in [-0.4, -0.2) is 30.2 Å². The highest BCUT2D eigenvalue weighted by molar-refractivity contribution is 5.74. The van der Waals surface area contributed by atoms with Crippen LogP contribution in [0.3, 0.4) is 0 Å². The Morgan fingerprint density at radius 2 is 1.75 bits per heavy atom. The zero-order valence-electron chi connectivity index (χ0n) is 10.8. The molecule has 4 unspecified atom stereocenters. The van der Waals surface area contributed by atoms with Gasteiger partial charge in [-0.3, -0.25) is 0 Å². The van der Waals surface area contributed by atoms with Crippen molar-refractivity contribution in [2.45, 2.75) is 64.7 Å². The third kappa shape index (κ3) is 6.63. The van der Waals surface area contributed by atoms with Gasteiger partial charge in [-0.05, 0) is 33.6 Å². The van der Waals surface area contributed by atoms with Crippen molar-refractivity contribution in [3.63, 3.8) is 0 Å². The lowest BCUT2D eigenvalue weighted by atomic mass is 10.1. The molecular formula is C11H26N4O. The summed E-state index contributed by atoms with van der Waals surface area (Å²) in [5, 5.41) is 5.65. The van der Waals surface area contributed by atoms with E-state index < -0.39 is 0 Å². The van der Waals surface area contributed by atoms with Crippen LogP contribution in [0.25, 0.3) is 0 Å². The van der Waals surface area contributed by atoms with Gasteiger partial charge in [0.25, 0.3) is 0 Å². The Morgan fingerprint density at radius 1 is 1.19 bits per heavy atom. The normalized spacial score (nSPS) is 18.4. The molecule has 0 spiro atoms. The van der Waals surface area contributed by atoms with E-state index in [2.05, 4.69) is 10.6 Å². The molecule has 0 aliphatic heterocycles. The van der Waals surface area contributed by atoms with Gasteiger partial charge >= 0.3 is 6.03 Å². The number of amides is 2. The van der Waals surface area contributed by atoms with Crippen molar-refractivity contribution in [2.75, 3.05) is 0 Å². The molecule has 0 aromatic rings. The van der Waals surface area contributed by atoms with Gasteiger partial charge in [0, 0.05) is 24.2 Å². The second kappa shape index (κ2) is 7.46. The van der Waals surface area contributed by atoms with E-state index in [4.69, 9.17) is 11.5 Å². The molecule has 0 fully saturated rings. The topological polar surface area (TPSA) is 93.2 Å². The Morgan fingerprint density at radius 3 is 2.19 bits per heavy atom. The molecular weight excluding hydrogens is 204 g/mol. The molecule has 0 radical (unpaired) electrons. The first-order valence-electron chi connectivity index (χ1n) is 5.95. The van der Waals surface area contributed by atoms with Crippen LogP contribution < -0.4 is 22.1 Å². The summed E-state index contributed by atoms with van der Waals surface area (Å²) in [6.07, 6.45) is 1.61. The average Bonchev–Trinajstić information content (AvgIpc) is 2.14. The highest BCUT2D eigenvalue weighted by Gasteiger charge is 2.15. The molecule has 0 heterocycles. The van der Waals surface area contributed by atoms with Crippen molar-refractivity contribution >= 4 is 6.03 Å². The molecule has 5 nitrogen and oxygen atoms in total. The van der Waals surface area contributed by atoms with Gasteiger partial charge in [0.2, 0.25) is 0 Å². The molecule has 4 atom stereocenters.